The third kappa shape index (κ3) is 2.25. The van der Waals surface area contributed by atoms with Gasteiger partial charge in [0.15, 0.2) is 0 Å². The predicted molar refractivity (Wildman–Crippen MR) is 78.9 cm³/mol. The first-order chi connectivity index (χ1) is 9.81. The number of carbonyl (C=O) groups excluding carboxylic acids is 1. The summed E-state index contributed by atoms with van der Waals surface area (Å²) >= 11 is 0. The molecule has 3 aromatic rings. The van der Waals surface area contributed by atoms with Crippen LogP contribution in [0.1, 0.15) is 29.4 Å². The summed E-state index contributed by atoms with van der Waals surface area (Å²) in [5.41, 5.74) is 2.97. The van der Waals surface area contributed by atoms with Crippen molar-refractivity contribution in [3.05, 3.63) is 54.2 Å². The SMILES string of the molecule is CCCn1cncc1Cn1ccc2ccc(C=O)cc21. The Morgan fingerprint density at radius 1 is 1.25 bits per heavy atom. The van der Waals surface area contributed by atoms with Crippen LogP contribution in [0.15, 0.2) is 43.0 Å². The Morgan fingerprint density at radius 2 is 2.15 bits per heavy atom. The molecular formula is C16H17N3O. The van der Waals surface area contributed by atoms with E-state index in [9.17, 15) is 4.79 Å². The van der Waals surface area contributed by atoms with Gasteiger partial charge in [-0.2, -0.15) is 0 Å². The van der Waals surface area contributed by atoms with Gasteiger partial charge >= 0.3 is 0 Å². The molecule has 0 bridgehead atoms. The molecule has 1 aromatic carbocycles. The lowest BCUT2D eigenvalue weighted by Gasteiger charge is -2.09. The van der Waals surface area contributed by atoms with E-state index < -0.39 is 0 Å². The first-order valence-electron chi connectivity index (χ1n) is 6.85. The highest BCUT2D eigenvalue weighted by molar-refractivity contribution is 5.87. The normalized spacial score (nSPS) is 11.1. The second kappa shape index (κ2) is 5.33. The molecule has 0 N–H and O–H groups in total. The quantitative estimate of drug-likeness (QED) is 0.666. The number of aryl methyl sites for hydroxylation is 1. The minimum absolute atomic E-state index is 0.708. The second-order valence-electron chi connectivity index (χ2n) is 4.96. The van der Waals surface area contributed by atoms with Crippen molar-refractivity contribution in [3.63, 3.8) is 0 Å². The van der Waals surface area contributed by atoms with Crippen LogP contribution in [-0.4, -0.2) is 20.4 Å². The number of imidazole rings is 1. The summed E-state index contributed by atoms with van der Waals surface area (Å²) in [6.45, 7) is 3.91. The molecule has 3 rings (SSSR count). The molecule has 0 amide bonds. The van der Waals surface area contributed by atoms with Gasteiger partial charge in [0.05, 0.1) is 18.6 Å². The van der Waals surface area contributed by atoms with Gasteiger partial charge in [-0.15, -0.1) is 0 Å². The zero-order valence-electron chi connectivity index (χ0n) is 11.5. The fourth-order valence-electron chi connectivity index (χ4n) is 2.51. The molecule has 0 aliphatic carbocycles. The largest absolute Gasteiger partial charge is 0.341 e. The Morgan fingerprint density at radius 3 is 2.95 bits per heavy atom. The molecule has 102 valence electrons. The van der Waals surface area contributed by atoms with Crippen molar-refractivity contribution in [2.75, 3.05) is 0 Å². The smallest absolute Gasteiger partial charge is 0.150 e. The number of rotatable bonds is 5. The molecule has 0 saturated carbocycles. The lowest BCUT2D eigenvalue weighted by atomic mass is 10.2. The van der Waals surface area contributed by atoms with Crippen LogP contribution in [-0.2, 0) is 13.1 Å². The molecule has 0 aliphatic rings. The van der Waals surface area contributed by atoms with Gasteiger partial charge in [-0.05, 0) is 23.9 Å². The lowest BCUT2D eigenvalue weighted by Crippen LogP contribution is -2.06. The van der Waals surface area contributed by atoms with E-state index in [1.807, 2.05) is 30.7 Å². The predicted octanol–water partition coefficient (Wildman–Crippen LogP) is 3.11. The van der Waals surface area contributed by atoms with Crippen molar-refractivity contribution in [1.82, 2.24) is 14.1 Å². The molecule has 0 atom stereocenters. The Labute approximate surface area is 117 Å². The first-order valence-corrected chi connectivity index (χ1v) is 6.85. The van der Waals surface area contributed by atoms with E-state index in [4.69, 9.17) is 0 Å². The Balaban J connectivity index is 1.97. The molecule has 4 nitrogen and oxygen atoms in total. The summed E-state index contributed by atoms with van der Waals surface area (Å²) in [6, 6.07) is 7.84. The van der Waals surface area contributed by atoms with E-state index in [1.54, 1.807) is 0 Å². The summed E-state index contributed by atoms with van der Waals surface area (Å²) in [6.07, 6.45) is 7.82. The number of nitrogens with zero attached hydrogens (tertiary/aromatic N) is 3. The van der Waals surface area contributed by atoms with E-state index in [2.05, 4.69) is 33.3 Å². The van der Waals surface area contributed by atoms with Crippen LogP contribution in [0.3, 0.4) is 0 Å². The Kier molecular flexibility index (Phi) is 3.37. The monoisotopic (exact) mass is 267 g/mol. The molecule has 0 fully saturated rings. The van der Waals surface area contributed by atoms with Gasteiger partial charge in [0.25, 0.3) is 0 Å². The average molecular weight is 267 g/mol. The molecule has 4 heteroatoms. The third-order valence-corrected chi connectivity index (χ3v) is 3.53. The minimum atomic E-state index is 0.708. The Hall–Kier alpha value is -2.36. The third-order valence-electron chi connectivity index (χ3n) is 3.53. The van der Waals surface area contributed by atoms with Crippen LogP contribution in [0.4, 0.5) is 0 Å². The summed E-state index contributed by atoms with van der Waals surface area (Å²) in [4.78, 5) is 15.1. The van der Waals surface area contributed by atoms with E-state index in [0.29, 0.717) is 5.56 Å². The van der Waals surface area contributed by atoms with Gasteiger partial charge in [0.1, 0.15) is 6.29 Å². The maximum absolute atomic E-state index is 10.9. The van der Waals surface area contributed by atoms with Crippen molar-refractivity contribution in [2.45, 2.75) is 26.4 Å². The molecule has 0 spiro atoms. The van der Waals surface area contributed by atoms with E-state index in [0.717, 1.165) is 36.7 Å². The molecule has 2 aromatic heterocycles. The number of carbonyl (C=O) groups is 1. The number of aldehydes is 1. The van der Waals surface area contributed by atoms with Crippen molar-refractivity contribution in [2.24, 2.45) is 0 Å². The standard InChI is InChI=1S/C16H17N3O/c1-2-6-19-12-17-9-15(19)10-18-7-5-14-4-3-13(11-20)8-16(14)18/h3-5,7-9,11-12H,2,6,10H2,1H3. The second-order valence-corrected chi connectivity index (χ2v) is 4.96. The van der Waals surface area contributed by atoms with Crippen molar-refractivity contribution >= 4 is 17.2 Å². The summed E-state index contributed by atoms with van der Waals surface area (Å²) < 4.78 is 4.33. The maximum atomic E-state index is 10.9. The molecule has 0 aliphatic heterocycles. The summed E-state index contributed by atoms with van der Waals surface area (Å²) in [7, 11) is 0. The van der Waals surface area contributed by atoms with Crippen LogP contribution in [0, 0.1) is 0 Å². The molecule has 2 heterocycles. The zero-order chi connectivity index (χ0) is 13.9. The molecule has 0 radical (unpaired) electrons. The summed E-state index contributed by atoms with van der Waals surface area (Å²) in [5.74, 6) is 0. The first kappa shape index (κ1) is 12.7. The molecule has 0 saturated heterocycles. The van der Waals surface area contributed by atoms with Gasteiger partial charge in [-0.3, -0.25) is 4.79 Å². The number of hydrogen-bond donors (Lipinski definition) is 0. The molecule has 20 heavy (non-hydrogen) atoms. The highest BCUT2D eigenvalue weighted by atomic mass is 16.1. The number of aromatic nitrogens is 3. The average Bonchev–Trinajstić information content (AvgIpc) is 3.07. The fourth-order valence-corrected chi connectivity index (χ4v) is 2.51. The number of benzene rings is 1. The highest BCUT2D eigenvalue weighted by Crippen LogP contribution is 2.18. The van der Waals surface area contributed by atoms with E-state index in [-0.39, 0.29) is 0 Å². The van der Waals surface area contributed by atoms with Gasteiger partial charge < -0.3 is 9.13 Å². The van der Waals surface area contributed by atoms with Crippen LogP contribution < -0.4 is 0 Å². The number of hydrogen-bond acceptors (Lipinski definition) is 2. The zero-order valence-corrected chi connectivity index (χ0v) is 11.5. The van der Waals surface area contributed by atoms with Crippen LogP contribution in [0.2, 0.25) is 0 Å². The maximum Gasteiger partial charge on any atom is 0.150 e. The van der Waals surface area contributed by atoms with Crippen molar-refractivity contribution < 1.29 is 4.79 Å². The van der Waals surface area contributed by atoms with Crippen molar-refractivity contribution in [3.8, 4) is 0 Å². The number of fused-ring (bicyclic) bond motifs is 1. The van der Waals surface area contributed by atoms with Gasteiger partial charge in [0, 0.05) is 30.0 Å². The van der Waals surface area contributed by atoms with Crippen LogP contribution >= 0.6 is 0 Å². The molecule has 0 unspecified atom stereocenters. The van der Waals surface area contributed by atoms with Crippen LogP contribution in [0.25, 0.3) is 10.9 Å². The minimum Gasteiger partial charge on any atom is -0.341 e. The van der Waals surface area contributed by atoms with E-state index >= 15 is 0 Å². The van der Waals surface area contributed by atoms with E-state index in [1.165, 1.54) is 5.69 Å². The highest BCUT2D eigenvalue weighted by Gasteiger charge is 2.06. The Bertz CT molecular complexity index is 739. The van der Waals surface area contributed by atoms with Gasteiger partial charge in [-0.1, -0.05) is 19.1 Å². The van der Waals surface area contributed by atoms with Crippen molar-refractivity contribution in [1.29, 1.82) is 0 Å². The lowest BCUT2D eigenvalue weighted by molar-refractivity contribution is 0.112. The molecular weight excluding hydrogens is 250 g/mol. The fraction of sp³-hybridized carbons (Fsp3) is 0.250. The summed E-state index contributed by atoms with van der Waals surface area (Å²) in [5, 5.41) is 1.15. The van der Waals surface area contributed by atoms with Crippen LogP contribution in [0.5, 0.6) is 0 Å². The topological polar surface area (TPSA) is 39.8 Å². The van der Waals surface area contributed by atoms with Gasteiger partial charge in [-0.25, -0.2) is 4.98 Å². The van der Waals surface area contributed by atoms with Gasteiger partial charge in [0.2, 0.25) is 0 Å².